The van der Waals surface area contributed by atoms with Crippen LogP contribution < -0.4 is 4.74 Å². The second kappa shape index (κ2) is 7.02. The summed E-state index contributed by atoms with van der Waals surface area (Å²) in [4.78, 5) is 21.4. The molecule has 0 saturated carbocycles. The van der Waals surface area contributed by atoms with E-state index >= 15 is 0 Å². The fourth-order valence-corrected chi connectivity index (χ4v) is 3.83. The largest absolute Gasteiger partial charge is 0.495 e. The minimum absolute atomic E-state index is 0.683. The summed E-state index contributed by atoms with van der Waals surface area (Å²) in [6.07, 6.45) is 8.94. The summed E-state index contributed by atoms with van der Waals surface area (Å²) in [5, 5.41) is 8.59. The molecule has 0 saturated heterocycles. The molecular formula is C23H18N8O. The van der Waals surface area contributed by atoms with E-state index in [9.17, 15) is 0 Å². The predicted molar refractivity (Wildman–Crippen MR) is 121 cm³/mol. The first kappa shape index (κ1) is 18.3. The van der Waals surface area contributed by atoms with E-state index in [0.717, 1.165) is 56.1 Å². The Kier molecular flexibility index (Phi) is 4.00. The van der Waals surface area contributed by atoms with E-state index in [2.05, 4.69) is 30.1 Å². The van der Waals surface area contributed by atoms with E-state index in [1.165, 1.54) is 0 Å². The molecule has 6 rings (SSSR count). The Morgan fingerprint density at radius 3 is 2.81 bits per heavy atom. The number of nitrogens with one attached hydrogen (secondary N) is 2. The van der Waals surface area contributed by atoms with E-state index in [1.807, 2.05) is 48.0 Å². The molecule has 6 aromatic heterocycles. The highest BCUT2D eigenvalue weighted by atomic mass is 16.5. The van der Waals surface area contributed by atoms with Crippen molar-refractivity contribution in [1.29, 1.82) is 0 Å². The third kappa shape index (κ3) is 2.90. The molecule has 0 aliphatic rings. The van der Waals surface area contributed by atoms with Gasteiger partial charge in [0.25, 0.3) is 0 Å². The zero-order valence-corrected chi connectivity index (χ0v) is 17.4. The van der Waals surface area contributed by atoms with Gasteiger partial charge in [-0.25, -0.2) is 15.0 Å². The average Bonchev–Trinajstić information content (AvgIpc) is 3.55. The number of methoxy groups -OCH3 is 1. The van der Waals surface area contributed by atoms with Crippen LogP contribution in [0.1, 0.15) is 5.69 Å². The van der Waals surface area contributed by atoms with Crippen LogP contribution in [0.25, 0.3) is 50.4 Å². The number of imidazole rings is 1. The summed E-state index contributed by atoms with van der Waals surface area (Å²) < 4.78 is 7.22. The van der Waals surface area contributed by atoms with Crippen LogP contribution in [0.15, 0.2) is 61.4 Å². The Hall–Kier alpha value is -4.53. The lowest BCUT2D eigenvalue weighted by Gasteiger charge is -2.04. The molecule has 0 aliphatic carbocycles. The minimum atomic E-state index is 0.683. The van der Waals surface area contributed by atoms with Gasteiger partial charge in [-0.3, -0.25) is 14.6 Å². The molecule has 0 spiro atoms. The maximum absolute atomic E-state index is 5.30. The van der Waals surface area contributed by atoms with Crippen molar-refractivity contribution in [2.24, 2.45) is 0 Å². The van der Waals surface area contributed by atoms with E-state index in [-0.39, 0.29) is 0 Å². The lowest BCUT2D eigenvalue weighted by molar-refractivity contribution is 0.413. The highest BCUT2D eigenvalue weighted by Gasteiger charge is 2.16. The molecule has 0 unspecified atom stereocenters. The summed E-state index contributed by atoms with van der Waals surface area (Å²) in [7, 11) is 1.62. The van der Waals surface area contributed by atoms with Gasteiger partial charge in [0.05, 0.1) is 41.4 Å². The summed E-state index contributed by atoms with van der Waals surface area (Å²) >= 11 is 0. The van der Waals surface area contributed by atoms with Gasteiger partial charge in [0.2, 0.25) is 0 Å². The molecule has 0 radical (unpaired) electrons. The number of pyridine rings is 3. The molecule has 9 nitrogen and oxygen atoms in total. The van der Waals surface area contributed by atoms with Crippen molar-refractivity contribution >= 4 is 21.9 Å². The molecule has 6 aromatic rings. The topological polar surface area (TPSA) is 110 Å². The predicted octanol–water partition coefficient (Wildman–Crippen LogP) is 4.07. The number of aromatic nitrogens is 8. The molecule has 0 aliphatic heterocycles. The molecule has 32 heavy (non-hydrogen) atoms. The van der Waals surface area contributed by atoms with Crippen LogP contribution in [0, 0.1) is 6.92 Å². The summed E-state index contributed by atoms with van der Waals surface area (Å²) in [5.41, 5.74) is 6.76. The molecule has 0 amide bonds. The zero-order chi connectivity index (χ0) is 21.7. The Labute approximate surface area is 182 Å². The van der Waals surface area contributed by atoms with E-state index in [4.69, 9.17) is 9.72 Å². The van der Waals surface area contributed by atoms with Gasteiger partial charge >= 0.3 is 0 Å². The van der Waals surface area contributed by atoms with Gasteiger partial charge in [-0.15, -0.1) is 0 Å². The molecule has 9 heteroatoms. The fraction of sp³-hybridized carbons (Fsp3) is 0.0870. The normalized spacial score (nSPS) is 11.4. The van der Waals surface area contributed by atoms with Crippen molar-refractivity contribution in [3.8, 4) is 34.2 Å². The van der Waals surface area contributed by atoms with E-state index in [1.54, 1.807) is 32.0 Å². The van der Waals surface area contributed by atoms with Crippen molar-refractivity contribution in [1.82, 2.24) is 39.7 Å². The minimum Gasteiger partial charge on any atom is -0.495 e. The summed E-state index contributed by atoms with van der Waals surface area (Å²) in [5.74, 6) is 1.49. The number of fused-ring (bicyclic) bond motifs is 2. The summed E-state index contributed by atoms with van der Waals surface area (Å²) in [6.45, 7) is 1.95. The van der Waals surface area contributed by atoms with Gasteiger partial charge in [-0.1, -0.05) is 0 Å². The van der Waals surface area contributed by atoms with Crippen LogP contribution >= 0.6 is 0 Å². The van der Waals surface area contributed by atoms with E-state index < -0.39 is 0 Å². The smallest absolute Gasteiger partial charge is 0.147 e. The Balaban J connectivity index is 1.49. The van der Waals surface area contributed by atoms with Gasteiger partial charge in [0.15, 0.2) is 0 Å². The number of rotatable bonds is 4. The van der Waals surface area contributed by atoms with Crippen molar-refractivity contribution in [2.45, 2.75) is 6.92 Å². The second-order valence-corrected chi connectivity index (χ2v) is 7.48. The second-order valence-electron chi connectivity index (χ2n) is 7.48. The first-order chi connectivity index (χ1) is 15.7. The molecule has 6 heterocycles. The molecule has 0 bridgehead atoms. The highest BCUT2D eigenvalue weighted by molar-refractivity contribution is 5.96. The van der Waals surface area contributed by atoms with Gasteiger partial charge in [0, 0.05) is 29.5 Å². The maximum Gasteiger partial charge on any atom is 0.147 e. The van der Waals surface area contributed by atoms with Crippen LogP contribution in [0.4, 0.5) is 0 Å². The Morgan fingerprint density at radius 1 is 1.03 bits per heavy atom. The average molecular weight is 422 g/mol. The lowest BCUT2D eigenvalue weighted by atomic mass is 10.1. The molecule has 2 N–H and O–H groups in total. The first-order valence-corrected chi connectivity index (χ1v) is 10.0. The van der Waals surface area contributed by atoms with Gasteiger partial charge in [-0.05, 0) is 37.3 Å². The SMILES string of the molecule is COc1cncc(-c2ccc3[nH]nc(-c4cc5c(-n6cnc(C)c6)nccc5[nH]4)c3n2)c1. The first-order valence-electron chi connectivity index (χ1n) is 10.0. The number of aryl methyl sites for hydroxylation is 1. The van der Waals surface area contributed by atoms with Crippen LogP contribution in [-0.4, -0.2) is 46.8 Å². The molecule has 156 valence electrons. The van der Waals surface area contributed by atoms with Crippen LogP contribution in [0.2, 0.25) is 0 Å². The number of hydrogen-bond acceptors (Lipinski definition) is 6. The zero-order valence-electron chi connectivity index (χ0n) is 17.4. The molecular weight excluding hydrogens is 404 g/mol. The monoisotopic (exact) mass is 422 g/mol. The molecule has 0 fully saturated rings. The maximum atomic E-state index is 5.30. The number of H-pyrrole nitrogens is 2. The Morgan fingerprint density at radius 2 is 1.97 bits per heavy atom. The number of ether oxygens (including phenoxy) is 1. The van der Waals surface area contributed by atoms with E-state index in [0.29, 0.717) is 5.75 Å². The van der Waals surface area contributed by atoms with Crippen molar-refractivity contribution < 1.29 is 4.74 Å². The van der Waals surface area contributed by atoms with Crippen molar-refractivity contribution in [2.75, 3.05) is 7.11 Å². The van der Waals surface area contributed by atoms with Gasteiger partial charge in [0.1, 0.15) is 29.1 Å². The van der Waals surface area contributed by atoms with Gasteiger partial charge < -0.3 is 9.72 Å². The molecule has 0 atom stereocenters. The standard InChI is InChI=1S/C23H18N8O/c1-13-11-31(12-26-13)23-16-8-20(27-18(16)5-6-25-23)22-21-19(29-30-22)4-3-17(28-21)14-7-15(32-2)10-24-9-14/h3-12,27H,1-2H3,(H,29,30). The summed E-state index contributed by atoms with van der Waals surface area (Å²) in [6, 6.07) is 9.81. The lowest BCUT2D eigenvalue weighted by Crippen LogP contribution is -1.94. The van der Waals surface area contributed by atoms with Crippen LogP contribution in [0.3, 0.4) is 0 Å². The highest BCUT2D eigenvalue weighted by Crippen LogP contribution is 2.31. The van der Waals surface area contributed by atoms with Crippen LogP contribution in [-0.2, 0) is 0 Å². The van der Waals surface area contributed by atoms with Gasteiger partial charge in [-0.2, -0.15) is 5.10 Å². The van der Waals surface area contributed by atoms with Crippen molar-refractivity contribution in [3.05, 3.63) is 67.1 Å². The number of nitrogens with zero attached hydrogens (tertiary/aromatic N) is 6. The Bertz CT molecular complexity index is 1590. The third-order valence-electron chi connectivity index (χ3n) is 5.39. The number of hydrogen-bond donors (Lipinski definition) is 2. The quantitative estimate of drug-likeness (QED) is 0.443. The molecule has 0 aromatic carbocycles. The number of aromatic amines is 2. The van der Waals surface area contributed by atoms with Crippen molar-refractivity contribution in [3.63, 3.8) is 0 Å². The van der Waals surface area contributed by atoms with Crippen LogP contribution in [0.5, 0.6) is 5.75 Å². The fourth-order valence-electron chi connectivity index (χ4n) is 3.83. The third-order valence-corrected chi connectivity index (χ3v) is 5.39.